The molecule has 1 unspecified atom stereocenters. The predicted octanol–water partition coefficient (Wildman–Crippen LogP) is 3.54. The molecular weight excluding hydrogens is 394 g/mol. The molecule has 1 atom stereocenters. The van der Waals surface area contributed by atoms with Crippen LogP contribution in [0, 0.1) is 13.8 Å². The van der Waals surface area contributed by atoms with E-state index in [-0.39, 0.29) is 17.5 Å². The van der Waals surface area contributed by atoms with Crippen LogP contribution in [-0.2, 0) is 11.3 Å². The van der Waals surface area contributed by atoms with Crippen molar-refractivity contribution < 1.29 is 9.32 Å². The van der Waals surface area contributed by atoms with Crippen LogP contribution in [0.4, 0.5) is 5.69 Å². The van der Waals surface area contributed by atoms with Gasteiger partial charge in [0.1, 0.15) is 0 Å². The first-order chi connectivity index (χ1) is 14.9. The average Bonchev–Trinajstić information content (AvgIpc) is 3.45. The van der Waals surface area contributed by atoms with Gasteiger partial charge in [-0.1, -0.05) is 11.2 Å². The summed E-state index contributed by atoms with van der Waals surface area (Å²) < 4.78 is 7.20. The molecule has 0 aliphatic carbocycles. The van der Waals surface area contributed by atoms with Crippen LogP contribution in [0.15, 0.2) is 45.7 Å². The molecule has 0 saturated carbocycles. The van der Waals surface area contributed by atoms with E-state index in [0.29, 0.717) is 31.2 Å². The molecule has 2 aromatic heterocycles. The Morgan fingerprint density at radius 1 is 1.13 bits per heavy atom. The first kappa shape index (κ1) is 19.3. The van der Waals surface area contributed by atoms with E-state index in [4.69, 9.17) is 4.52 Å². The van der Waals surface area contributed by atoms with Gasteiger partial charge in [-0.15, -0.1) is 0 Å². The lowest BCUT2D eigenvalue weighted by atomic mass is 10.1. The van der Waals surface area contributed by atoms with Gasteiger partial charge in [0.15, 0.2) is 0 Å². The van der Waals surface area contributed by atoms with Crippen molar-refractivity contribution in [2.75, 3.05) is 11.4 Å². The maximum absolute atomic E-state index is 12.6. The van der Waals surface area contributed by atoms with Crippen LogP contribution in [0.1, 0.15) is 36.3 Å². The summed E-state index contributed by atoms with van der Waals surface area (Å²) in [5, 5.41) is 4.12. The Labute approximate surface area is 178 Å². The molecule has 4 aromatic rings. The molecule has 0 radical (unpaired) electrons. The molecule has 158 valence electrons. The molecule has 1 saturated heterocycles. The molecule has 1 aliphatic rings. The van der Waals surface area contributed by atoms with Crippen molar-refractivity contribution in [3.05, 3.63) is 63.9 Å². The number of anilines is 1. The highest BCUT2D eigenvalue weighted by molar-refractivity contribution is 5.96. The fraction of sp³-hybridized carbons (Fsp3) is 0.304. The fourth-order valence-electron chi connectivity index (χ4n) is 4.15. The molecule has 2 aromatic carbocycles. The van der Waals surface area contributed by atoms with Gasteiger partial charge < -0.3 is 14.4 Å². The lowest BCUT2D eigenvalue weighted by Gasteiger charge is -2.17. The van der Waals surface area contributed by atoms with Crippen molar-refractivity contribution in [3.63, 3.8) is 0 Å². The molecular formula is C23H23N5O3. The SMILES string of the molecule is CCn1c(=O)[nH]c2cc(-c3noc(C4CC(=O)N(c5ccc(C)c(C)c5)C4)n3)ccc21. The molecule has 8 nitrogen and oxygen atoms in total. The van der Waals surface area contributed by atoms with Crippen molar-refractivity contribution in [2.45, 2.75) is 39.7 Å². The topological polar surface area (TPSA) is 97.0 Å². The molecule has 8 heteroatoms. The Hall–Kier alpha value is -3.68. The maximum atomic E-state index is 12.6. The van der Waals surface area contributed by atoms with Crippen LogP contribution in [-0.4, -0.2) is 32.1 Å². The lowest BCUT2D eigenvalue weighted by molar-refractivity contribution is -0.117. The van der Waals surface area contributed by atoms with Crippen LogP contribution < -0.4 is 10.6 Å². The minimum atomic E-state index is -0.153. The minimum Gasteiger partial charge on any atom is -0.339 e. The van der Waals surface area contributed by atoms with Crippen molar-refractivity contribution in [2.24, 2.45) is 0 Å². The number of imidazole rings is 1. The molecule has 3 heterocycles. The lowest BCUT2D eigenvalue weighted by Crippen LogP contribution is -2.24. The van der Waals surface area contributed by atoms with E-state index in [0.717, 1.165) is 27.8 Å². The van der Waals surface area contributed by atoms with Crippen LogP contribution in [0.25, 0.3) is 22.4 Å². The number of nitrogens with zero attached hydrogens (tertiary/aromatic N) is 4. The zero-order valence-corrected chi connectivity index (χ0v) is 17.7. The second-order valence-corrected chi connectivity index (χ2v) is 8.04. The van der Waals surface area contributed by atoms with Gasteiger partial charge in [0.2, 0.25) is 17.6 Å². The standard InChI is InChI=1S/C23H23N5O3/c1-4-27-19-8-6-15(10-18(19)24-23(27)30)21-25-22(31-26-21)16-11-20(29)28(12-16)17-7-5-13(2)14(3)9-17/h5-10,16H,4,11-12H2,1-3H3,(H,24,30). The van der Waals surface area contributed by atoms with E-state index >= 15 is 0 Å². The van der Waals surface area contributed by atoms with Crippen molar-refractivity contribution in [1.82, 2.24) is 19.7 Å². The van der Waals surface area contributed by atoms with Gasteiger partial charge in [-0.05, 0) is 62.2 Å². The highest BCUT2D eigenvalue weighted by Crippen LogP contribution is 2.33. The van der Waals surface area contributed by atoms with Gasteiger partial charge >= 0.3 is 5.69 Å². The highest BCUT2D eigenvalue weighted by Gasteiger charge is 2.35. The molecule has 1 amide bonds. The van der Waals surface area contributed by atoms with E-state index < -0.39 is 0 Å². The number of aromatic nitrogens is 4. The summed E-state index contributed by atoms with van der Waals surface area (Å²) in [6.07, 6.45) is 0.334. The Morgan fingerprint density at radius 3 is 2.74 bits per heavy atom. The molecule has 5 rings (SSSR count). The van der Waals surface area contributed by atoms with E-state index in [1.54, 1.807) is 9.47 Å². The first-order valence-corrected chi connectivity index (χ1v) is 10.4. The van der Waals surface area contributed by atoms with Crippen molar-refractivity contribution in [1.29, 1.82) is 0 Å². The Morgan fingerprint density at radius 2 is 1.97 bits per heavy atom. The summed E-state index contributed by atoms with van der Waals surface area (Å²) in [6, 6.07) is 11.6. The number of carbonyl (C=O) groups excluding carboxylic acids is 1. The van der Waals surface area contributed by atoms with Crippen LogP contribution in [0.2, 0.25) is 0 Å². The van der Waals surface area contributed by atoms with Gasteiger partial charge in [-0.3, -0.25) is 9.36 Å². The van der Waals surface area contributed by atoms with Gasteiger partial charge in [-0.25, -0.2) is 4.79 Å². The van der Waals surface area contributed by atoms with Crippen molar-refractivity contribution >= 4 is 22.6 Å². The molecule has 31 heavy (non-hydrogen) atoms. The fourth-order valence-corrected chi connectivity index (χ4v) is 4.15. The summed E-state index contributed by atoms with van der Waals surface area (Å²) in [7, 11) is 0. The minimum absolute atomic E-state index is 0.0490. The quantitative estimate of drug-likeness (QED) is 0.548. The highest BCUT2D eigenvalue weighted by atomic mass is 16.5. The Bertz CT molecular complexity index is 1360. The van der Waals surface area contributed by atoms with Gasteiger partial charge in [0.05, 0.1) is 17.0 Å². The third-order valence-electron chi connectivity index (χ3n) is 6.07. The third kappa shape index (κ3) is 3.24. The second kappa shape index (κ2) is 7.23. The van der Waals surface area contributed by atoms with E-state index in [1.165, 1.54) is 5.56 Å². The molecule has 0 spiro atoms. The maximum Gasteiger partial charge on any atom is 0.326 e. The number of benzene rings is 2. The number of amides is 1. The largest absolute Gasteiger partial charge is 0.339 e. The molecule has 0 bridgehead atoms. The number of H-pyrrole nitrogens is 1. The number of hydrogen-bond acceptors (Lipinski definition) is 5. The number of rotatable bonds is 4. The second-order valence-electron chi connectivity index (χ2n) is 8.04. The van der Waals surface area contributed by atoms with Gasteiger partial charge in [-0.2, -0.15) is 4.98 Å². The zero-order chi connectivity index (χ0) is 21.7. The molecule has 1 N–H and O–H groups in total. The van der Waals surface area contributed by atoms with Gasteiger partial charge in [0.25, 0.3) is 0 Å². The van der Waals surface area contributed by atoms with Crippen LogP contribution in [0.5, 0.6) is 0 Å². The number of fused-ring (bicyclic) bond motifs is 1. The predicted molar refractivity (Wildman–Crippen MR) is 117 cm³/mol. The summed E-state index contributed by atoms with van der Waals surface area (Å²) >= 11 is 0. The number of nitrogens with one attached hydrogen (secondary N) is 1. The summed E-state index contributed by atoms with van der Waals surface area (Å²) in [5.74, 6) is 0.793. The van der Waals surface area contributed by atoms with Crippen LogP contribution in [0.3, 0.4) is 0 Å². The molecule has 1 aliphatic heterocycles. The van der Waals surface area contributed by atoms with Crippen LogP contribution >= 0.6 is 0 Å². The Kier molecular flexibility index (Phi) is 4.50. The zero-order valence-electron chi connectivity index (χ0n) is 17.7. The monoisotopic (exact) mass is 417 g/mol. The van der Waals surface area contributed by atoms with E-state index in [2.05, 4.69) is 22.0 Å². The summed E-state index contributed by atoms with van der Waals surface area (Å²) in [5.41, 5.74) is 5.42. The normalized spacial score (nSPS) is 16.5. The number of carbonyl (C=O) groups is 1. The van der Waals surface area contributed by atoms with Gasteiger partial charge in [0, 0.05) is 30.8 Å². The average molecular weight is 417 g/mol. The smallest absolute Gasteiger partial charge is 0.326 e. The first-order valence-electron chi connectivity index (χ1n) is 10.4. The van der Waals surface area contributed by atoms with Crippen molar-refractivity contribution in [3.8, 4) is 11.4 Å². The summed E-state index contributed by atoms with van der Waals surface area (Å²) in [4.78, 5) is 33.9. The number of hydrogen-bond donors (Lipinski definition) is 1. The molecule has 1 fully saturated rings. The summed E-state index contributed by atoms with van der Waals surface area (Å²) in [6.45, 7) is 7.13. The third-order valence-corrected chi connectivity index (χ3v) is 6.07. The van der Waals surface area contributed by atoms with E-state index in [1.807, 2.05) is 50.2 Å². The Balaban J connectivity index is 1.40. The number of aryl methyl sites for hydroxylation is 3. The number of aromatic amines is 1. The van der Waals surface area contributed by atoms with E-state index in [9.17, 15) is 9.59 Å².